The number of aliphatic hydroxyl groups excluding tert-OH is 1. The highest BCUT2D eigenvalue weighted by atomic mass is 19.1. The first-order chi connectivity index (χ1) is 14.4. The van der Waals surface area contributed by atoms with Crippen molar-refractivity contribution in [2.75, 3.05) is 18.5 Å². The Balaban J connectivity index is 1.55. The fourth-order valence-electron chi connectivity index (χ4n) is 3.57. The smallest absolute Gasteiger partial charge is 0.342 e. The number of benzene rings is 2. The van der Waals surface area contributed by atoms with Gasteiger partial charge in [0.15, 0.2) is 0 Å². The zero-order valence-corrected chi connectivity index (χ0v) is 16.7. The van der Waals surface area contributed by atoms with Crippen molar-refractivity contribution < 1.29 is 28.9 Å². The first-order valence-corrected chi connectivity index (χ1v) is 9.91. The lowest BCUT2D eigenvalue weighted by Gasteiger charge is -2.23. The fraction of sp³-hybridized carbons (Fsp3) is 0.364. The molecule has 160 valence electrons. The molecule has 0 aliphatic heterocycles. The molecule has 0 heterocycles. The Hall–Kier alpha value is -3.13. The SMILES string of the molecule is CCc1ccc(OCCNC(=O)Nc2cccc3c2CC(O)CC3)c(C(=O)O)c1F. The minimum atomic E-state index is -1.40. The van der Waals surface area contributed by atoms with Crippen LogP contribution < -0.4 is 15.4 Å². The van der Waals surface area contributed by atoms with Gasteiger partial charge in [-0.1, -0.05) is 25.1 Å². The van der Waals surface area contributed by atoms with Crippen LogP contribution in [0.25, 0.3) is 0 Å². The number of ether oxygens (including phenoxy) is 1. The summed E-state index contributed by atoms with van der Waals surface area (Å²) in [5, 5.41) is 24.6. The standard InChI is InChI=1S/C22H25FN2O5/c1-2-13-7-9-18(19(20(13)23)21(27)28)30-11-10-24-22(29)25-17-5-3-4-14-6-8-15(26)12-16(14)17/h3-5,7,9,15,26H,2,6,8,10-12H2,1H3,(H,27,28)(H2,24,25,29). The van der Waals surface area contributed by atoms with Gasteiger partial charge in [-0.15, -0.1) is 0 Å². The minimum absolute atomic E-state index is 0.0236. The van der Waals surface area contributed by atoms with E-state index in [1.165, 1.54) is 12.1 Å². The number of urea groups is 1. The number of rotatable bonds is 7. The molecule has 2 aromatic rings. The van der Waals surface area contributed by atoms with Crippen LogP contribution in [-0.4, -0.2) is 41.5 Å². The van der Waals surface area contributed by atoms with Crippen molar-refractivity contribution in [1.82, 2.24) is 5.32 Å². The van der Waals surface area contributed by atoms with Crippen molar-refractivity contribution in [2.45, 2.75) is 38.7 Å². The van der Waals surface area contributed by atoms with Crippen LogP contribution in [0.5, 0.6) is 5.75 Å². The third kappa shape index (κ3) is 4.88. The number of hydrogen-bond donors (Lipinski definition) is 4. The van der Waals surface area contributed by atoms with Gasteiger partial charge in [0.2, 0.25) is 0 Å². The maximum Gasteiger partial charge on any atom is 0.342 e. The molecule has 0 bridgehead atoms. The van der Waals surface area contributed by atoms with Gasteiger partial charge in [0, 0.05) is 12.1 Å². The Bertz CT molecular complexity index is 947. The van der Waals surface area contributed by atoms with Crippen molar-refractivity contribution >= 4 is 17.7 Å². The zero-order chi connectivity index (χ0) is 21.7. The Morgan fingerprint density at radius 1 is 1.27 bits per heavy atom. The summed E-state index contributed by atoms with van der Waals surface area (Å²) >= 11 is 0. The number of anilines is 1. The highest BCUT2D eigenvalue weighted by molar-refractivity contribution is 5.91. The Labute approximate surface area is 173 Å². The molecule has 2 aromatic carbocycles. The maximum atomic E-state index is 14.3. The topological polar surface area (TPSA) is 108 Å². The largest absolute Gasteiger partial charge is 0.491 e. The van der Waals surface area contributed by atoms with Crippen molar-refractivity contribution in [3.05, 3.63) is 58.4 Å². The number of carbonyl (C=O) groups is 2. The summed E-state index contributed by atoms with van der Waals surface area (Å²) in [6.45, 7) is 1.81. The van der Waals surface area contributed by atoms with E-state index in [-0.39, 0.29) is 18.9 Å². The van der Waals surface area contributed by atoms with Crippen LogP contribution in [0.4, 0.5) is 14.9 Å². The van der Waals surface area contributed by atoms with E-state index in [0.717, 1.165) is 17.5 Å². The molecule has 7 nitrogen and oxygen atoms in total. The van der Waals surface area contributed by atoms with E-state index in [0.29, 0.717) is 30.5 Å². The molecule has 0 spiro atoms. The molecular weight excluding hydrogens is 391 g/mol. The van der Waals surface area contributed by atoms with E-state index < -0.39 is 29.5 Å². The average Bonchev–Trinajstić information content (AvgIpc) is 2.71. The molecule has 1 aliphatic carbocycles. The number of aliphatic hydroxyl groups is 1. The number of carboxylic acids is 1. The highest BCUT2D eigenvalue weighted by Gasteiger charge is 2.21. The number of halogens is 1. The van der Waals surface area contributed by atoms with Gasteiger partial charge in [-0.2, -0.15) is 0 Å². The molecule has 0 saturated carbocycles. The number of nitrogens with one attached hydrogen (secondary N) is 2. The minimum Gasteiger partial charge on any atom is -0.491 e. The molecule has 1 atom stereocenters. The monoisotopic (exact) mass is 416 g/mol. The molecule has 0 saturated heterocycles. The summed E-state index contributed by atoms with van der Waals surface area (Å²) in [5.74, 6) is -2.28. The summed E-state index contributed by atoms with van der Waals surface area (Å²) in [5.41, 5.74) is 2.48. The van der Waals surface area contributed by atoms with E-state index in [4.69, 9.17) is 4.74 Å². The van der Waals surface area contributed by atoms with Crippen LogP contribution in [0.1, 0.15) is 40.4 Å². The zero-order valence-electron chi connectivity index (χ0n) is 16.7. The Kier molecular flexibility index (Phi) is 6.89. The number of carboxylic acid groups (broad SMARTS) is 1. The molecule has 30 heavy (non-hydrogen) atoms. The van der Waals surface area contributed by atoms with Gasteiger partial charge in [-0.25, -0.2) is 14.0 Å². The summed E-state index contributed by atoms with van der Waals surface area (Å²) < 4.78 is 19.7. The molecular formula is C22H25FN2O5. The van der Waals surface area contributed by atoms with Gasteiger partial charge in [0.05, 0.1) is 12.6 Å². The van der Waals surface area contributed by atoms with Gasteiger partial charge < -0.3 is 25.6 Å². The van der Waals surface area contributed by atoms with Crippen molar-refractivity contribution in [1.29, 1.82) is 0 Å². The predicted molar refractivity (Wildman–Crippen MR) is 110 cm³/mol. The van der Waals surface area contributed by atoms with Gasteiger partial charge in [0.1, 0.15) is 23.7 Å². The Morgan fingerprint density at radius 3 is 2.80 bits per heavy atom. The van der Waals surface area contributed by atoms with Crippen LogP contribution in [0.2, 0.25) is 0 Å². The normalized spacial score (nSPS) is 15.2. The maximum absolute atomic E-state index is 14.3. The fourth-order valence-corrected chi connectivity index (χ4v) is 3.57. The van der Waals surface area contributed by atoms with E-state index in [9.17, 15) is 24.2 Å². The average molecular weight is 416 g/mol. The van der Waals surface area contributed by atoms with Crippen molar-refractivity contribution in [3.63, 3.8) is 0 Å². The first kappa shape index (κ1) is 21.6. The number of aryl methyl sites for hydroxylation is 2. The molecule has 0 fully saturated rings. The van der Waals surface area contributed by atoms with Gasteiger partial charge in [-0.05, 0) is 48.1 Å². The van der Waals surface area contributed by atoms with E-state index in [1.54, 1.807) is 13.0 Å². The number of hydrogen-bond acceptors (Lipinski definition) is 4. The van der Waals surface area contributed by atoms with E-state index in [1.807, 2.05) is 12.1 Å². The molecule has 1 unspecified atom stereocenters. The lowest BCUT2D eigenvalue weighted by atomic mass is 9.88. The Morgan fingerprint density at radius 2 is 2.07 bits per heavy atom. The quantitative estimate of drug-likeness (QED) is 0.519. The molecule has 1 aliphatic rings. The van der Waals surface area contributed by atoms with E-state index >= 15 is 0 Å². The summed E-state index contributed by atoms with van der Waals surface area (Å²) in [6, 6.07) is 8.10. The summed E-state index contributed by atoms with van der Waals surface area (Å²) in [6.07, 6.45) is 1.92. The predicted octanol–water partition coefficient (Wildman–Crippen LogP) is 3.14. The number of amides is 2. The van der Waals surface area contributed by atoms with Crippen LogP contribution in [0.3, 0.4) is 0 Å². The van der Waals surface area contributed by atoms with E-state index in [2.05, 4.69) is 10.6 Å². The molecule has 2 amide bonds. The van der Waals surface area contributed by atoms with Gasteiger partial charge in [0.25, 0.3) is 0 Å². The van der Waals surface area contributed by atoms with Crippen LogP contribution in [-0.2, 0) is 19.3 Å². The van der Waals surface area contributed by atoms with Crippen LogP contribution >= 0.6 is 0 Å². The van der Waals surface area contributed by atoms with Crippen molar-refractivity contribution in [2.24, 2.45) is 0 Å². The lowest BCUT2D eigenvalue weighted by Crippen LogP contribution is -2.33. The first-order valence-electron chi connectivity index (χ1n) is 9.91. The summed E-state index contributed by atoms with van der Waals surface area (Å²) in [7, 11) is 0. The van der Waals surface area contributed by atoms with Gasteiger partial charge in [-0.3, -0.25) is 0 Å². The second kappa shape index (κ2) is 9.58. The molecule has 8 heteroatoms. The van der Waals surface area contributed by atoms with Crippen molar-refractivity contribution in [3.8, 4) is 5.75 Å². The van der Waals surface area contributed by atoms with Gasteiger partial charge >= 0.3 is 12.0 Å². The number of carbonyl (C=O) groups excluding carboxylic acids is 1. The highest BCUT2D eigenvalue weighted by Crippen LogP contribution is 2.28. The second-order valence-corrected chi connectivity index (χ2v) is 7.14. The second-order valence-electron chi connectivity index (χ2n) is 7.14. The van der Waals surface area contributed by atoms with Crippen LogP contribution in [0.15, 0.2) is 30.3 Å². The third-order valence-corrected chi connectivity index (χ3v) is 5.13. The molecule has 0 radical (unpaired) electrons. The third-order valence-electron chi connectivity index (χ3n) is 5.13. The summed E-state index contributed by atoms with van der Waals surface area (Å²) in [4.78, 5) is 23.6. The molecule has 0 aromatic heterocycles. The number of aromatic carboxylic acids is 1. The lowest BCUT2D eigenvalue weighted by molar-refractivity contribution is 0.0686. The number of fused-ring (bicyclic) bond motifs is 1. The molecule has 3 rings (SSSR count). The van der Waals surface area contributed by atoms with Crippen LogP contribution in [0, 0.1) is 5.82 Å². The molecule has 4 N–H and O–H groups in total.